The first-order valence-electron chi connectivity index (χ1n) is 8.16. The number of likely N-dealkylation sites (N-methyl/N-ethyl adjacent to an activating group) is 1. The molecular formula is C18H26N2O3. The summed E-state index contributed by atoms with van der Waals surface area (Å²) >= 11 is 0. The molecule has 1 aliphatic carbocycles. The van der Waals surface area contributed by atoms with E-state index in [4.69, 9.17) is 14.3 Å². The van der Waals surface area contributed by atoms with Crippen molar-refractivity contribution < 1.29 is 14.3 Å². The van der Waals surface area contributed by atoms with Crippen LogP contribution in [0.1, 0.15) is 31.2 Å². The summed E-state index contributed by atoms with van der Waals surface area (Å²) in [4.78, 5) is 7.46. The van der Waals surface area contributed by atoms with Gasteiger partial charge in [0, 0.05) is 17.9 Å². The maximum absolute atomic E-state index is 5.52. The van der Waals surface area contributed by atoms with Gasteiger partial charge in [-0.2, -0.15) is 0 Å². The number of likely N-dealkylation sites (tertiary alicyclic amines) is 1. The number of hydrogen-bond donors (Lipinski definition) is 0. The second-order valence-electron chi connectivity index (χ2n) is 6.52. The molecule has 5 heteroatoms. The molecule has 1 aromatic carbocycles. The second-order valence-corrected chi connectivity index (χ2v) is 6.52. The van der Waals surface area contributed by atoms with Crippen LogP contribution in [0.3, 0.4) is 0 Å². The Morgan fingerprint density at radius 3 is 2.61 bits per heavy atom. The normalized spacial score (nSPS) is 29.4. The van der Waals surface area contributed by atoms with Gasteiger partial charge in [0.1, 0.15) is 7.11 Å². The Hall–Kier alpha value is -1.75. The zero-order valence-corrected chi connectivity index (χ0v) is 14.5. The Morgan fingerprint density at radius 1 is 1.13 bits per heavy atom. The van der Waals surface area contributed by atoms with Crippen molar-refractivity contribution in [2.45, 2.75) is 37.1 Å². The highest BCUT2D eigenvalue weighted by molar-refractivity contribution is 5.86. The van der Waals surface area contributed by atoms with Gasteiger partial charge in [0.15, 0.2) is 11.5 Å². The smallest absolute Gasteiger partial charge is 0.161 e. The highest BCUT2D eigenvalue weighted by Crippen LogP contribution is 2.49. The predicted octanol–water partition coefficient (Wildman–Crippen LogP) is 2.83. The van der Waals surface area contributed by atoms with Gasteiger partial charge in [-0.1, -0.05) is 11.2 Å². The molecular weight excluding hydrogens is 292 g/mol. The fourth-order valence-electron chi connectivity index (χ4n) is 4.29. The van der Waals surface area contributed by atoms with Crippen LogP contribution in [0.2, 0.25) is 0 Å². The highest BCUT2D eigenvalue weighted by atomic mass is 16.6. The van der Waals surface area contributed by atoms with E-state index in [0.29, 0.717) is 6.04 Å². The number of hydrogen-bond acceptors (Lipinski definition) is 5. The van der Waals surface area contributed by atoms with Crippen LogP contribution in [-0.2, 0) is 10.3 Å². The molecule has 0 bridgehead atoms. The molecule has 2 aliphatic rings. The number of benzene rings is 1. The van der Waals surface area contributed by atoms with Crippen molar-refractivity contribution in [3.8, 4) is 11.5 Å². The summed E-state index contributed by atoms with van der Waals surface area (Å²) in [6.45, 7) is 1.11. The first-order valence-corrected chi connectivity index (χ1v) is 8.16. The summed E-state index contributed by atoms with van der Waals surface area (Å²) in [5.41, 5.74) is 2.68. The third-order valence-corrected chi connectivity index (χ3v) is 5.55. The van der Waals surface area contributed by atoms with Crippen LogP contribution in [0.15, 0.2) is 23.4 Å². The average Bonchev–Trinajstić information content (AvgIpc) is 2.92. The molecule has 0 amide bonds. The summed E-state index contributed by atoms with van der Waals surface area (Å²) in [5.74, 6) is 1.59. The number of ether oxygens (including phenoxy) is 2. The van der Waals surface area contributed by atoms with Crippen LogP contribution >= 0.6 is 0 Å². The minimum atomic E-state index is 0.168. The third-order valence-electron chi connectivity index (χ3n) is 5.55. The molecule has 1 aromatic rings. The third kappa shape index (κ3) is 2.67. The first kappa shape index (κ1) is 16.1. The van der Waals surface area contributed by atoms with E-state index < -0.39 is 0 Å². The molecule has 3 rings (SSSR count). The Labute approximate surface area is 138 Å². The lowest BCUT2D eigenvalue weighted by Crippen LogP contribution is -2.46. The second kappa shape index (κ2) is 6.40. The fraction of sp³-hybridized carbons (Fsp3) is 0.611. The van der Waals surface area contributed by atoms with E-state index in [1.807, 2.05) is 6.07 Å². The van der Waals surface area contributed by atoms with Crippen LogP contribution in [0.4, 0.5) is 0 Å². The van der Waals surface area contributed by atoms with E-state index in [2.05, 4.69) is 29.2 Å². The number of methoxy groups -OCH3 is 2. The number of fused-ring (bicyclic) bond motifs is 1. The van der Waals surface area contributed by atoms with Crippen molar-refractivity contribution in [3.05, 3.63) is 23.8 Å². The molecule has 2 fully saturated rings. The van der Waals surface area contributed by atoms with E-state index in [9.17, 15) is 0 Å². The molecule has 0 unspecified atom stereocenters. The lowest BCUT2D eigenvalue weighted by atomic mass is 9.65. The molecule has 1 aliphatic heterocycles. The van der Waals surface area contributed by atoms with Crippen LogP contribution < -0.4 is 9.47 Å². The van der Waals surface area contributed by atoms with E-state index in [-0.39, 0.29) is 5.41 Å². The molecule has 1 saturated heterocycles. The van der Waals surface area contributed by atoms with Crippen molar-refractivity contribution in [2.24, 2.45) is 5.16 Å². The standard InChI is InChI=1S/C18H26N2O3/c1-20-10-9-18(8-7-14(19-23-4)12-17(18)20)13-5-6-15(21-2)16(11-13)22-3/h5-6,11,17H,7-10,12H2,1-4H3/t17-,18-/m0/s1. The van der Waals surface area contributed by atoms with Gasteiger partial charge in [0.25, 0.3) is 0 Å². The van der Waals surface area contributed by atoms with Crippen molar-refractivity contribution in [1.82, 2.24) is 4.90 Å². The van der Waals surface area contributed by atoms with Crippen molar-refractivity contribution in [2.75, 3.05) is 34.9 Å². The van der Waals surface area contributed by atoms with Crippen molar-refractivity contribution >= 4 is 5.71 Å². The van der Waals surface area contributed by atoms with Gasteiger partial charge in [0.05, 0.1) is 19.9 Å². The van der Waals surface area contributed by atoms with Gasteiger partial charge in [-0.3, -0.25) is 0 Å². The molecule has 0 aromatic heterocycles. The van der Waals surface area contributed by atoms with E-state index in [1.165, 1.54) is 17.7 Å². The average molecular weight is 318 g/mol. The molecule has 5 nitrogen and oxygen atoms in total. The van der Waals surface area contributed by atoms with Gasteiger partial charge in [-0.05, 0) is 50.6 Å². The van der Waals surface area contributed by atoms with Gasteiger partial charge < -0.3 is 19.2 Å². The van der Waals surface area contributed by atoms with Crippen LogP contribution in [0.25, 0.3) is 0 Å². The SMILES string of the molecule is CON=C1CC[C@@]2(c3ccc(OC)c(OC)c3)CCN(C)[C@H]2C1. The minimum absolute atomic E-state index is 0.168. The molecule has 0 radical (unpaired) electrons. The maximum Gasteiger partial charge on any atom is 0.161 e. The molecule has 1 saturated carbocycles. The van der Waals surface area contributed by atoms with E-state index >= 15 is 0 Å². The Balaban J connectivity index is 1.98. The first-order chi connectivity index (χ1) is 11.1. The zero-order chi connectivity index (χ0) is 16.4. The van der Waals surface area contributed by atoms with Gasteiger partial charge in [0.2, 0.25) is 0 Å². The predicted molar refractivity (Wildman–Crippen MR) is 90.6 cm³/mol. The van der Waals surface area contributed by atoms with Crippen molar-refractivity contribution in [1.29, 1.82) is 0 Å². The summed E-state index contributed by atoms with van der Waals surface area (Å²) in [6, 6.07) is 6.84. The molecule has 0 spiro atoms. The molecule has 126 valence electrons. The summed E-state index contributed by atoms with van der Waals surface area (Å²) in [5, 5.41) is 4.21. The minimum Gasteiger partial charge on any atom is -0.493 e. The van der Waals surface area contributed by atoms with Gasteiger partial charge in [-0.25, -0.2) is 0 Å². The summed E-state index contributed by atoms with van der Waals surface area (Å²) in [6.07, 6.45) is 4.23. The van der Waals surface area contributed by atoms with Crippen LogP contribution in [0, 0.1) is 0 Å². The Morgan fingerprint density at radius 2 is 1.91 bits per heavy atom. The van der Waals surface area contributed by atoms with Crippen LogP contribution in [-0.4, -0.2) is 51.6 Å². The zero-order valence-electron chi connectivity index (χ0n) is 14.5. The van der Waals surface area contributed by atoms with E-state index in [1.54, 1.807) is 21.3 Å². The molecule has 2 atom stereocenters. The fourth-order valence-corrected chi connectivity index (χ4v) is 4.29. The quantitative estimate of drug-likeness (QED) is 0.801. The topological polar surface area (TPSA) is 43.3 Å². The van der Waals surface area contributed by atoms with Gasteiger partial charge >= 0.3 is 0 Å². The largest absolute Gasteiger partial charge is 0.493 e. The Bertz CT molecular complexity index is 602. The number of rotatable bonds is 4. The number of oxime groups is 1. The maximum atomic E-state index is 5.52. The molecule has 1 heterocycles. The monoisotopic (exact) mass is 318 g/mol. The van der Waals surface area contributed by atoms with Gasteiger partial charge in [-0.15, -0.1) is 0 Å². The van der Waals surface area contributed by atoms with Crippen LogP contribution in [0.5, 0.6) is 11.5 Å². The van der Waals surface area contributed by atoms with E-state index in [0.717, 1.165) is 37.3 Å². The number of nitrogens with zero attached hydrogens (tertiary/aromatic N) is 2. The molecule has 23 heavy (non-hydrogen) atoms. The summed E-state index contributed by atoms with van der Waals surface area (Å²) in [7, 11) is 7.21. The highest BCUT2D eigenvalue weighted by Gasteiger charge is 2.50. The Kier molecular flexibility index (Phi) is 4.48. The summed E-state index contributed by atoms with van der Waals surface area (Å²) < 4.78 is 10.9. The lowest BCUT2D eigenvalue weighted by molar-refractivity contribution is 0.195. The lowest BCUT2D eigenvalue weighted by Gasteiger charge is -2.42. The molecule has 0 N–H and O–H groups in total. The van der Waals surface area contributed by atoms with Crippen molar-refractivity contribution in [3.63, 3.8) is 0 Å².